The number of carbonyl (C=O) groups excluding carboxylic acids is 1. The number of hydrogen-bond donors (Lipinski definition) is 2. The predicted octanol–water partition coefficient (Wildman–Crippen LogP) is 3.30. The molecule has 2 aromatic rings. The Bertz CT molecular complexity index is 921. The van der Waals surface area contributed by atoms with E-state index in [1.165, 1.54) is 12.1 Å². The van der Waals surface area contributed by atoms with Crippen LogP contribution in [0.3, 0.4) is 0 Å². The van der Waals surface area contributed by atoms with Gasteiger partial charge in [-0.2, -0.15) is 0 Å². The van der Waals surface area contributed by atoms with Crippen molar-refractivity contribution in [1.82, 2.24) is 5.32 Å². The number of nitrogens with one attached hydrogen (secondary N) is 2. The molecule has 0 aliphatic heterocycles. The fraction of sp³-hybridized carbons (Fsp3) is 0.316. The summed E-state index contributed by atoms with van der Waals surface area (Å²) in [6, 6.07) is 13.5. The topological polar surface area (TPSA) is 84.5 Å². The SMILES string of the molecule is COc1cccc(C2(NC(=O)Nc3cccc(S(C)(=O)=O)c3)CCC2)c1. The normalized spacial score (nSPS) is 15.6. The molecule has 1 fully saturated rings. The van der Waals surface area contributed by atoms with Gasteiger partial charge in [0.1, 0.15) is 5.75 Å². The predicted molar refractivity (Wildman–Crippen MR) is 100 cm³/mol. The van der Waals surface area contributed by atoms with E-state index in [0.717, 1.165) is 36.8 Å². The molecule has 0 unspecified atom stereocenters. The maximum absolute atomic E-state index is 12.5. The first-order valence-electron chi connectivity index (χ1n) is 8.36. The van der Waals surface area contributed by atoms with Gasteiger partial charge in [-0.15, -0.1) is 0 Å². The number of benzene rings is 2. The second-order valence-corrected chi connectivity index (χ2v) is 8.56. The molecule has 1 saturated carbocycles. The van der Waals surface area contributed by atoms with Crippen molar-refractivity contribution >= 4 is 21.6 Å². The maximum atomic E-state index is 12.5. The summed E-state index contributed by atoms with van der Waals surface area (Å²) in [6.07, 6.45) is 3.85. The first kappa shape index (κ1) is 18.3. The lowest BCUT2D eigenvalue weighted by Gasteiger charge is -2.43. The zero-order valence-corrected chi connectivity index (χ0v) is 15.6. The smallest absolute Gasteiger partial charge is 0.319 e. The molecule has 6 nitrogen and oxygen atoms in total. The van der Waals surface area contributed by atoms with Crippen LogP contribution in [0.15, 0.2) is 53.4 Å². The summed E-state index contributed by atoms with van der Waals surface area (Å²) in [4.78, 5) is 12.7. The van der Waals surface area contributed by atoms with Gasteiger partial charge in [-0.3, -0.25) is 0 Å². The van der Waals surface area contributed by atoms with Crippen LogP contribution < -0.4 is 15.4 Å². The monoisotopic (exact) mass is 374 g/mol. The van der Waals surface area contributed by atoms with Gasteiger partial charge in [0, 0.05) is 11.9 Å². The molecule has 0 saturated heterocycles. The van der Waals surface area contributed by atoms with Gasteiger partial charge in [0.05, 0.1) is 17.5 Å². The van der Waals surface area contributed by atoms with Gasteiger partial charge < -0.3 is 15.4 Å². The van der Waals surface area contributed by atoms with Crippen LogP contribution in [0, 0.1) is 0 Å². The second-order valence-electron chi connectivity index (χ2n) is 6.55. The molecule has 1 aliphatic carbocycles. The Morgan fingerprint density at radius 3 is 2.46 bits per heavy atom. The van der Waals surface area contributed by atoms with Crippen molar-refractivity contribution in [1.29, 1.82) is 0 Å². The molecule has 2 amide bonds. The molecule has 0 aromatic heterocycles. The average Bonchev–Trinajstić information content (AvgIpc) is 2.57. The molecular formula is C19H22N2O4S. The van der Waals surface area contributed by atoms with Crippen LogP contribution >= 0.6 is 0 Å². The summed E-state index contributed by atoms with van der Waals surface area (Å²) < 4.78 is 28.6. The summed E-state index contributed by atoms with van der Waals surface area (Å²) in [6.45, 7) is 0. The van der Waals surface area contributed by atoms with Gasteiger partial charge in [-0.1, -0.05) is 18.2 Å². The van der Waals surface area contributed by atoms with E-state index in [9.17, 15) is 13.2 Å². The highest BCUT2D eigenvalue weighted by Gasteiger charge is 2.40. The summed E-state index contributed by atoms with van der Waals surface area (Å²) in [5.41, 5.74) is 1.02. The first-order chi connectivity index (χ1) is 12.3. The second kappa shape index (κ2) is 6.99. The Labute approximate surface area is 153 Å². The van der Waals surface area contributed by atoms with E-state index in [-0.39, 0.29) is 10.9 Å². The summed E-state index contributed by atoms with van der Waals surface area (Å²) in [5, 5.41) is 5.78. The highest BCUT2D eigenvalue weighted by atomic mass is 32.2. The Morgan fingerprint density at radius 2 is 1.85 bits per heavy atom. The third-order valence-corrected chi connectivity index (χ3v) is 5.81. The molecule has 2 N–H and O–H groups in total. The number of anilines is 1. The number of sulfone groups is 1. The van der Waals surface area contributed by atoms with E-state index in [1.807, 2.05) is 24.3 Å². The van der Waals surface area contributed by atoms with Crippen LogP contribution in [-0.2, 0) is 15.4 Å². The Balaban J connectivity index is 1.76. The number of methoxy groups -OCH3 is 1. The van der Waals surface area contributed by atoms with Crippen molar-refractivity contribution in [2.24, 2.45) is 0 Å². The molecule has 0 bridgehead atoms. The van der Waals surface area contributed by atoms with Crippen molar-refractivity contribution in [2.45, 2.75) is 29.7 Å². The first-order valence-corrected chi connectivity index (χ1v) is 10.3. The largest absolute Gasteiger partial charge is 0.497 e. The fourth-order valence-electron chi connectivity index (χ4n) is 3.12. The van der Waals surface area contributed by atoms with Gasteiger partial charge in [0.2, 0.25) is 0 Å². The molecule has 0 spiro atoms. The Kier molecular flexibility index (Phi) is 4.91. The summed E-state index contributed by atoms with van der Waals surface area (Å²) in [5.74, 6) is 0.747. The zero-order valence-electron chi connectivity index (χ0n) is 14.8. The molecule has 7 heteroatoms. The number of hydrogen-bond acceptors (Lipinski definition) is 4. The van der Waals surface area contributed by atoms with E-state index in [0.29, 0.717) is 5.69 Å². The highest BCUT2D eigenvalue weighted by molar-refractivity contribution is 7.90. The van der Waals surface area contributed by atoms with Gasteiger partial charge in [-0.25, -0.2) is 13.2 Å². The molecular weight excluding hydrogens is 352 g/mol. The van der Waals surface area contributed by atoms with E-state index < -0.39 is 15.4 Å². The third-order valence-electron chi connectivity index (χ3n) is 4.70. The fourth-order valence-corrected chi connectivity index (χ4v) is 3.79. The van der Waals surface area contributed by atoms with Crippen molar-refractivity contribution in [2.75, 3.05) is 18.7 Å². The lowest BCUT2D eigenvalue weighted by Crippen LogP contribution is -2.52. The summed E-state index contributed by atoms with van der Waals surface area (Å²) >= 11 is 0. The van der Waals surface area contributed by atoms with E-state index in [1.54, 1.807) is 19.2 Å². The van der Waals surface area contributed by atoms with Crippen LogP contribution in [0.5, 0.6) is 5.75 Å². The number of rotatable bonds is 5. The lowest BCUT2D eigenvalue weighted by molar-refractivity contribution is 0.184. The Hall–Kier alpha value is -2.54. The van der Waals surface area contributed by atoms with E-state index in [4.69, 9.17) is 4.74 Å². The molecule has 0 radical (unpaired) electrons. The number of amides is 2. The van der Waals surface area contributed by atoms with E-state index >= 15 is 0 Å². The van der Waals surface area contributed by atoms with Gasteiger partial charge in [0.25, 0.3) is 0 Å². The van der Waals surface area contributed by atoms with Crippen LogP contribution in [0.25, 0.3) is 0 Å². The Morgan fingerprint density at radius 1 is 1.12 bits per heavy atom. The van der Waals surface area contributed by atoms with Crippen LogP contribution in [0.1, 0.15) is 24.8 Å². The van der Waals surface area contributed by atoms with Gasteiger partial charge in [0.15, 0.2) is 9.84 Å². The standard InChI is InChI=1S/C19H22N2O4S/c1-25-16-8-3-6-14(12-16)19(10-5-11-19)21-18(22)20-15-7-4-9-17(13-15)26(2,23)24/h3-4,6-9,12-13H,5,10-11H2,1-2H3,(H2,20,21,22). The molecule has 1 aliphatic rings. The maximum Gasteiger partial charge on any atom is 0.319 e. The van der Waals surface area contributed by atoms with Gasteiger partial charge >= 0.3 is 6.03 Å². The van der Waals surface area contributed by atoms with Crippen LogP contribution in [0.4, 0.5) is 10.5 Å². The van der Waals surface area contributed by atoms with Crippen molar-refractivity contribution in [3.05, 3.63) is 54.1 Å². The molecule has 0 atom stereocenters. The zero-order chi connectivity index (χ0) is 18.8. The molecule has 26 heavy (non-hydrogen) atoms. The van der Waals surface area contributed by atoms with Crippen LogP contribution in [0.2, 0.25) is 0 Å². The minimum Gasteiger partial charge on any atom is -0.497 e. The molecule has 3 rings (SSSR count). The number of carbonyl (C=O) groups is 1. The highest BCUT2D eigenvalue weighted by Crippen LogP contribution is 2.42. The minimum atomic E-state index is -3.33. The molecule has 138 valence electrons. The molecule has 0 heterocycles. The van der Waals surface area contributed by atoms with Crippen molar-refractivity contribution in [3.63, 3.8) is 0 Å². The minimum absolute atomic E-state index is 0.168. The summed E-state index contributed by atoms with van der Waals surface area (Å²) in [7, 11) is -1.71. The quantitative estimate of drug-likeness (QED) is 0.841. The number of urea groups is 1. The lowest BCUT2D eigenvalue weighted by atomic mass is 9.72. The third kappa shape index (κ3) is 3.83. The number of ether oxygens (including phenoxy) is 1. The average molecular weight is 374 g/mol. The van der Waals surface area contributed by atoms with Crippen LogP contribution in [-0.4, -0.2) is 27.8 Å². The van der Waals surface area contributed by atoms with Gasteiger partial charge in [-0.05, 0) is 55.2 Å². The van der Waals surface area contributed by atoms with E-state index in [2.05, 4.69) is 10.6 Å². The molecule has 2 aromatic carbocycles. The van der Waals surface area contributed by atoms with Crippen molar-refractivity contribution in [3.8, 4) is 5.75 Å². The van der Waals surface area contributed by atoms with Crippen molar-refractivity contribution < 1.29 is 17.9 Å².